The van der Waals surface area contributed by atoms with Gasteiger partial charge >= 0.3 is 5.97 Å². The number of fused-ring (bicyclic) bond motifs is 1. The lowest BCUT2D eigenvalue weighted by atomic mass is 9.73. The fourth-order valence-electron chi connectivity index (χ4n) is 8.04. The number of nitrogens with zero attached hydrogens (tertiary/aromatic N) is 3. The molecular formula is C48H54ClN3O8S. The Bertz CT molecular complexity index is 2300. The summed E-state index contributed by atoms with van der Waals surface area (Å²) in [6.07, 6.45) is 8.28. The largest absolute Gasteiger partial charge is 0.497 e. The molecule has 0 spiro atoms. The number of benzene rings is 4. The summed E-state index contributed by atoms with van der Waals surface area (Å²) in [6.45, 7) is 2.80. The molecule has 7 rings (SSSR count). The van der Waals surface area contributed by atoms with Crippen LogP contribution in [0.3, 0.4) is 0 Å². The summed E-state index contributed by atoms with van der Waals surface area (Å²) in [7, 11) is 0.564. The van der Waals surface area contributed by atoms with Crippen molar-refractivity contribution in [3.05, 3.63) is 137 Å². The van der Waals surface area contributed by atoms with E-state index in [0.717, 1.165) is 72.6 Å². The van der Waals surface area contributed by atoms with Crippen LogP contribution < -0.4 is 23.8 Å². The maximum atomic E-state index is 14.9. The van der Waals surface area contributed by atoms with Crippen molar-refractivity contribution in [2.24, 2.45) is 17.8 Å². The lowest BCUT2D eigenvalue weighted by Crippen LogP contribution is -2.42. The standard InChI is InChI=1S/C48H54ClN3O8S/c1-56-42-16-10-35(11-17-42)29-52(30-36-12-18-43(57-2)19-13-36)61(54,55)45-20-21-47-46(25-45)51(28-37(32-60-47)8-4-6-34-7-5-9-41(49)22-34)31-39-14-15-40(39)33-59-44-23-38(26-50-27-44)24-48(53)58-3/h5,7,9-13,16-23,25-27,37,39-40H,4,6,8,14-15,24,28-33H2,1-3H3/t37-,39+,40+/m1/s1. The van der Waals surface area contributed by atoms with E-state index in [1.807, 2.05) is 78.9 Å². The van der Waals surface area contributed by atoms with Gasteiger partial charge < -0.3 is 28.6 Å². The van der Waals surface area contributed by atoms with Crippen LogP contribution in [-0.4, -0.2) is 71.3 Å². The van der Waals surface area contributed by atoms with Gasteiger partial charge in [0, 0.05) is 43.3 Å². The minimum absolute atomic E-state index is 0.127. The molecule has 2 heterocycles. The van der Waals surface area contributed by atoms with Crippen molar-refractivity contribution in [1.29, 1.82) is 0 Å². The quantitative estimate of drug-likeness (QED) is 0.0746. The Morgan fingerprint density at radius 3 is 2.16 bits per heavy atom. The minimum atomic E-state index is -4.02. The zero-order valence-corrected chi connectivity index (χ0v) is 36.6. The molecule has 2 aliphatic rings. The second-order valence-electron chi connectivity index (χ2n) is 15.9. The highest BCUT2D eigenvalue weighted by Crippen LogP contribution is 2.41. The maximum Gasteiger partial charge on any atom is 0.310 e. The van der Waals surface area contributed by atoms with E-state index in [-0.39, 0.29) is 42.2 Å². The molecule has 0 unspecified atom stereocenters. The van der Waals surface area contributed by atoms with Crippen LogP contribution in [0, 0.1) is 17.8 Å². The Morgan fingerprint density at radius 1 is 0.820 bits per heavy atom. The summed E-state index contributed by atoms with van der Waals surface area (Å²) in [6, 6.07) is 30.1. The number of aromatic nitrogens is 1. The van der Waals surface area contributed by atoms with E-state index in [1.165, 1.54) is 17.0 Å². The lowest BCUT2D eigenvalue weighted by molar-refractivity contribution is -0.139. The second kappa shape index (κ2) is 20.5. The van der Waals surface area contributed by atoms with E-state index in [1.54, 1.807) is 38.7 Å². The van der Waals surface area contributed by atoms with Crippen LogP contribution in [0.1, 0.15) is 47.9 Å². The van der Waals surface area contributed by atoms with Gasteiger partial charge in [-0.25, -0.2) is 8.42 Å². The molecule has 4 aromatic carbocycles. The predicted octanol–water partition coefficient (Wildman–Crippen LogP) is 8.80. The second-order valence-corrected chi connectivity index (χ2v) is 18.3. The zero-order valence-electron chi connectivity index (χ0n) is 35.0. The summed E-state index contributed by atoms with van der Waals surface area (Å²) in [5.74, 6) is 3.17. The van der Waals surface area contributed by atoms with Crippen molar-refractivity contribution in [1.82, 2.24) is 9.29 Å². The topological polar surface area (TPSA) is 117 Å². The third-order valence-corrected chi connectivity index (χ3v) is 13.7. The number of hydrogen-bond acceptors (Lipinski definition) is 10. The highest BCUT2D eigenvalue weighted by molar-refractivity contribution is 7.89. The first-order chi connectivity index (χ1) is 29.6. The van der Waals surface area contributed by atoms with Crippen molar-refractivity contribution in [3.8, 4) is 23.0 Å². The van der Waals surface area contributed by atoms with E-state index >= 15 is 0 Å². The van der Waals surface area contributed by atoms with Crippen molar-refractivity contribution >= 4 is 33.3 Å². The number of hydrogen-bond donors (Lipinski definition) is 0. The van der Waals surface area contributed by atoms with Crippen molar-refractivity contribution in [2.45, 2.75) is 56.5 Å². The molecule has 11 nitrogen and oxygen atoms in total. The number of carbonyl (C=O) groups is 1. The van der Waals surface area contributed by atoms with E-state index < -0.39 is 10.0 Å². The molecular weight excluding hydrogens is 814 g/mol. The van der Waals surface area contributed by atoms with Gasteiger partial charge in [-0.1, -0.05) is 48.0 Å². The van der Waals surface area contributed by atoms with Crippen LogP contribution >= 0.6 is 11.6 Å². The molecule has 0 radical (unpaired) electrons. The number of carbonyl (C=O) groups excluding carboxylic acids is 1. The average molecular weight is 868 g/mol. The molecule has 13 heteroatoms. The molecule has 0 N–H and O–H groups in total. The zero-order chi connectivity index (χ0) is 42.8. The van der Waals surface area contributed by atoms with Crippen LogP contribution in [0.15, 0.2) is 114 Å². The number of methoxy groups -OCH3 is 3. The number of sulfonamides is 1. The fraction of sp³-hybridized carbons (Fsp3) is 0.375. The van der Waals surface area contributed by atoms with E-state index in [9.17, 15) is 13.2 Å². The molecule has 0 saturated heterocycles. The first-order valence-corrected chi connectivity index (χ1v) is 22.6. The van der Waals surface area contributed by atoms with Crippen LogP contribution in [0.4, 0.5) is 5.69 Å². The third kappa shape index (κ3) is 11.5. The van der Waals surface area contributed by atoms with E-state index in [0.29, 0.717) is 42.1 Å². The molecule has 1 fully saturated rings. The molecule has 0 bridgehead atoms. The first-order valence-electron chi connectivity index (χ1n) is 20.8. The number of aryl methyl sites for hydroxylation is 1. The Balaban J connectivity index is 1.13. The highest BCUT2D eigenvalue weighted by atomic mass is 35.5. The molecule has 322 valence electrons. The third-order valence-electron chi connectivity index (χ3n) is 11.7. The van der Waals surface area contributed by atoms with Crippen molar-refractivity contribution < 1.29 is 36.9 Å². The van der Waals surface area contributed by atoms with Gasteiger partial charge in [-0.2, -0.15) is 4.31 Å². The maximum absolute atomic E-state index is 14.9. The minimum Gasteiger partial charge on any atom is -0.497 e. The number of esters is 1. The predicted molar refractivity (Wildman–Crippen MR) is 236 cm³/mol. The molecule has 1 aliphatic carbocycles. The smallest absolute Gasteiger partial charge is 0.310 e. The van der Waals surface area contributed by atoms with Gasteiger partial charge in [0.2, 0.25) is 10.0 Å². The van der Waals surface area contributed by atoms with Crippen molar-refractivity contribution in [2.75, 3.05) is 52.5 Å². The molecule has 61 heavy (non-hydrogen) atoms. The molecule has 1 aliphatic heterocycles. The van der Waals surface area contributed by atoms with Gasteiger partial charge in [0.05, 0.1) is 57.7 Å². The van der Waals surface area contributed by atoms with Gasteiger partial charge in [0.15, 0.2) is 0 Å². The molecule has 1 saturated carbocycles. The Morgan fingerprint density at radius 2 is 1.52 bits per heavy atom. The van der Waals surface area contributed by atoms with Crippen LogP contribution in [0.2, 0.25) is 5.02 Å². The number of pyridine rings is 1. The van der Waals surface area contributed by atoms with E-state index in [2.05, 4.69) is 16.0 Å². The summed E-state index contributed by atoms with van der Waals surface area (Å²) >= 11 is 6.29. The Hall–Kier alpha value is -5.30. The van der Waals surface area contributed by atoms with Gasteiger partial charge in [-0.3, -0.25) is 9.78 Å². The van der Waals surface area contributed by atoms with E-state index in [4.69, 9.17) is 35.3 Å². The summed E-state index contributed by atoms with van der Waals surface area (Å²) in [5, 5.41) is 0.735. The fourth-order valence-corrected chi connectivity index (χ4v) is 9.69. The average Bonchev–Trinajstić information content (AvgIpc) is 3.44. The summed E-state index contributed by atoms with van der Waals surface area (Å²) < 4.78 is 59.6. The molecule has 1 aromatic heterocycles. The number of ether oxygens (including phenoxy) is 5. The molecule has 5 aromatic rings. The molecule has 3 atom stereocenters. The van der Waals surface area contributed by atoms with Crippen molar-refractivity contribution in [3.63, 3.8) is 0 Å². The summed E-state index contributed by atoms with van der Waals surface area (Å²) in [5.41, 5.74) is 4.38. The monoisotopic (exact) mass is 867 g/mol. The lowest BCUT2D eigenvalue weighted by Gasteiger charge is -2.41. The first kappa shape index (κ1) is 43.8. The van der Waals surface area contributed by atoms with Gasteiger partial charge in [0.25, 0.3) is 0 Å². The molecule has 0 amide bonds. The van der Waals surface area contributed by atoms with Gasteiger partial charge in [-0.05, 0) is 127 Å². The number of anilines is 1. The van der Waals surface area contributed by atoms with Crippen LogP contribution in [0.5, 0.6) is 23.0 Å². The van der Waals surface area contributed by atoms with Crippen LogP contribution in [-0.2, 0) is 45.5 Å². The van der Waals surface area contributed by atoms with Gasteiger partial charge in [-0.15, -0.1) is 0 Å². The Labute approximate surface area is 364 Å². The number of rotatable bonds is 19. The SMILES string of the molecule is COC(=O)Cc1cncc(OC[C@@H]2CC[C@H]2CN2C[C@@H](CCCc3cccc(Cl)c3)COc3ccc(S(=O)(=O)N(Cc4ccc(OC)cc4)Cc4ccc(OC)cc4)cc32)c1. The number of halogens is 1. The highest BCUT2D eigenvalue weighted by Gasteiger charge is 2.36. The van der Waals surface area contributed by atoms with Crippen LogP contribution in [0.25, 0.3) is 0 Å². The Kier molecular flexibility index (Phi) is 14.7. The summed E-state index contributed by atoms with van der Waals surface area (Å²) in [4.78, 5) is 18.7. The van der Waals surface area contributed by atoms with Gasteiger partial charge in [0.1, 0.15) is 23.0 Å². The normalized spacial score (nSPS) is 17.4.